The van der Waals surface area contributed by atoms with Gasteiger partial charge in [-0.1, -0.05) is 30.3 Å². The summed E-state index contributed by atoms with van der Waals surface area (Å²) in [6, 6.07) is 14.9. The van der Waals surface area contributed by atoms with Crippen LogP contribution in [0.4, 0.5) is 11.4 Å². The topological polar surface area (TPSA) is 58.6 Å². The normalized spacial score (nSPS) is 21.5. The first-order valence-electron chi connectivity index (χ1n) is 7.12. The average molecular weight is 294 g/mol. The Balaban J connectivity index is 1.86. The highest BCUT2D eigenvalue weighted by Gasteiger charge is 2.46. The third-order valence-electron chi connectivity index (χ3n) is 4.04. The number of hydrogen-bond acceptors (Lipinski definition) is 4. The standard InChI is InChI=1S/C17H14N2O3/c1-10(20)22-15-12-7-3-5-9-14(12)19-16(15)18-13-8-4-2-6-11(13)17(19)21/h2-9,15-16,18H,1H3/t15-,16-/m1/s1. The van der Waals surface area contributed by atoms with Crippen molar-refractivity contribution in [1.29, 1.82) is 0 Å². The molecule has 0 unspecified atom stereocenters. The smallest absolute Gasteiger partial charge is 0.303 e. The molecular weight excluding hydrogens is 280 g/mol. The minimum absolute atomic E-state index is 0.0820. The van der Waals surface area contributed by atoms with Crippen LogP contribution >= 0.6 is 0 Å². The van der Waals surface area contributed by atoms with Gasteiger partial charge in [-0.25, -0.2) is 0 Å². The van der Waals surface area contributed by atoms with Crippen molar-refractivity contribution in [3.05, 3.63) is 59.7 Å². The number of amides is 1. The molecule has 0 bridgehead atoms. The molecule has 1 amide bonds. The lowest BCUT2D eigenvalue weighted by Gasteiger charge is -2.34. The van der Waals surface area contributed by atoms with Gasteiger partial charge in [0, 0.05) is 18.2 Å². The number of para-hydroxylation sites is 2. The van der Waals surface area contributed by atoms with Crippen molar-refractivity contribution in [2.75, 3.05) is 10.2 Å². The first-order valence-corrected chi connectivity index (χ1v) is 7.12. The van der Waals surface area contributed by atoms with Crippen LogP contribution in [0.15, 0.2) is 48.5 Å². The molecule has 5 heteroatoms. The Morgan fingerprint density at radius 3 is 2.68 bits per heavy atom. The number of carbonyl (C=O) groups is 2. The van der Waals surface area contributed by atoms with Gasteiger partial charge in [0.15, 0.2) is 6.10 Å². The van der Waals surface area contributed by atoms with Gasteiger partial charge in [-0.05, 0) is 18.2 Å². The van der Waals surface area contributed by atoms with E-state index in [-0.39, 0.29) is 11.9 Å². The lowest BCUT2D eigenvalue weighted by Crippen LogP contribution is -2.48. The van der Waals surface area contributed by atoms with E-state index >= 15 is 0 Å². The van der Waals surface area contributed by atoms with E-state index in [0.717, 1.165) is 16.9 Å². The Bertz CT molecular complexity index is 787. The molecule has 22 heavy (non-hydrogen) atoms. The zero-order chi connectivity index (χ0) is 15.3. The Labute approximate surface area is 127 Å². The number of nitrogens with one attached hydrogen (secondary N) is 1. The van der Waals surface area contributed by atoms with Crippen molar-refractivity contribution in [2.45, 2.75) is 19.2 Å². The second kappa shape index (κ2) is 4.59. The lowest BCUT2D eigenvalue weighted by atomic mass is 10.1. The summed E-state index contributed by atoms with van der Waals surface area (Å²) in [7, 11) is 0. The van der Waals surface area contributed by atoms with Crippen LogP contribution in [0.5, 0.6) is 0 Å². The van der Waals surface area contributed by atoms with Gasteiger partial charge in [0.25, 0.3) is 5.91 Å². The number of benzene rings is 2. The van der Waals surface area contributed by atoms with Gasteiger partial charge in [0.05, 0.1) is 11.3 Å². The summed E-state index contributed by atoms with van der Waals surface area (Å²) in [6.45, 7) is 1.38. The SMILES string of the molecule is CC(=O)O[C@@H]1c2ccccc2N2C(=O)c3ccccc3N[C@@H]12. The zero-order valence-corrected chi connectivity index (χ0v) is 11.9. The van der Waals surface area contributed by atoms with E-state index in [1.165, 1.54) is 6.92 Å². The Hall–Kier alpha value is -2.82. The van der Waals surface area contributed by atoms with Gasteiger partial charge in [0.1, 0.15) is 6.17 Å². The maximum absolute atomic E-state index is 12.8. The average Bonchev–Trinajstić information content (AvgIpc) is 2.82. The summed E-state index contributed by atoms with van der Waals surface area (Å²) in [5.74, 6) is -0.448. The zero-order valence-electron chi connectivity index (χ0n) is 11.9. The number of fused-ring (bicyclic) bond motifs is 4. The number of anilines is 2. The van der Waals surface area contributed by atoms with Gasteiger partial charge < -0.3 is 10.1 Å². The molecule has 0 fully saturated rings. The van der Waals surface area contributed by atoms with Crippen LogP contribution in [0.25, 0.3) is 0 Å². The van der Waals surface area contributed by atoms with Gasteiger partial charge in [-0.2, -0.15) is 0 Å². The van der Waals surface area contributed by atoms with Gasteiger partial charge in [0.2, 0.25) is 0 Å². The molecule has 0 saturated carbocycles. The van der Waals surface area contributed by atoms with Crippen LogP contribution in [0.2, 0.25) is 0 Å². The van der Waals surface area contributed by atoms with E-state index < -0.39 is 12.3 Å². The minimum atomic E-state index is -0.508. The Morgan fingerprint density at radius 2 is 1.86 bits per heavy atom. The van der Waals surface area contributed by atoms with Crippen molar-refractivity contribution in [2.24, 2.45) is 0 Å². The predicted octanol–water partition coefficient (Wildman–Crippen LogP) is 2.70. The molecule has 1 N–H and O–H groups in total. The fourth-order valence-electron chi connectivity index (χ4n) is 3.17. The number of esters is 1. The van der Waals surface area contributed by atoms with E-state index in [2.05, 4.69) is 5.32 Å². The van der Waals surface area contributed by atoms with Crippen molar-refractivity contribution in [3.63, 3.8) is 0 Å². The highest BCUT2D eigenvalue weighted by molar-refractivity contribution is 6.13. The second-order valence-corrected chi connectivity index (χ2v) is 5.40. The van der Waals surface area contributed by atoms with Crippen molar-refractivity contribution < 1.29 is 14.3 Å². The number of hydrogen-bond donors (Lipinski definition) is 1. The van der Waals surface area contributed by atoms with Crippen molar-refractivity contribution in [1.82, 2.24) is 0 Å². The summed E-state index contributed by atoms with van der Waals surface area (Å²) in [5, 5.41) is 3.32. The molecule has 2 aromatic rings. The first-order chi connectivity index (χ1) is 10.7. The van der Waals surface area contributed by atoms with Crippen LogP contribution < -0.4 is 10.2 Å². The quantitative estimate of drug-likeness (QED) is 0.822. The summed E-state index contributed by atoms with van der Waals surface area (Å²) >= 11 is 0. The number of nitrogens with zero attached hydrogens (tertiary/aromatic N) is 1. The molecule has 110 valence electrons. The molecule has 2 aliphatic rings. The third-order valence-corrected chi connectivity index (χ3v) is 4.04. The maximum Gasteiger partial charge on any atom is 0.303 e. The van der Waals surface area contributed by atoms with E-state index in [0.29, 0.717) is 5.56 Å². The summed E-state index contributed by atoms with van der Waals surface area (Å²) in [4.78, 5) is 26.0. The third kappa shape index (κ3) is 1.72. The molecule has 0 saturated heterocycles. The van der Waals surface area contributed by atoms with E-state index in [9.17, 15) is 9.59 Å². The molecule has 0 radical (unpaired) electrons. The molecule has 0 aromatic heterocycles. The number of carbonyl (C=O) groups excluding carboxylic acids is 2. The molecular formula is C17H14N2O3. The predicted molar refractivity (Wildman–Crippen MR) is 81.6 cm³/mol. The number of ether oxygens (including phenoxy) is 1. The summed E-state index contributed by atoms with van der Waals surface area (Å²) in [6.07, 6.45) is -0.922. The molecule has 2 aliphatic heterocycles. The Kier molecular flexibility index (Phi) is 2.69. The van der Waals surface area contributed by atoms with Crippen LogP contribution in [0.1, 0.15) is 28.9 Å². The molecule has 2 heterocycles. The monoisotopic (exact) mass is 294 g/mol. The van der Waals surface area contributed by atoms with E-state index in [1.807, 2.05) is 42.5 Å². The van der Waals surface area contributed by atoms with Crippen LogP contribution in [-0.4, -0.2) is 18.0 Å². The van der Waals surface area contributed by atoms with Crippen LogP contribution in [0.3, 0.4) is 0 Å². The molecule has 0 spiro atoms. The highest BCUT2D eigenvalue weighted by atomic mass is 16.5. The fourth-order valence-corrected chi connectivity index (χ4v) is 3.17. The van der Waals surface area contributed by atoms with E-state index in [1.54, 1.807) is 11.0 Å². The van der Waals surface area contributed by atoms with Crippen molar-refractivity contribution in [3.8, 4) is 0 Å². The second-order valence-electron chi connectivity index (χ2n) is 5.40. The van der Waals surface area contributed by atoms with Crippen LogP contribution in [-0.2, 0) is 9.53 Å². The molecule has 5 nitrogen and oxygen atoms in total. The Morgan fingerprint density at radius 1 is 1.14 bits per heavy atom. The van der Waals surface area contributed by atoms with Gasteiger partial charge >= 0.3 is 5.97 Å². The molecule has 2 atom stereocenters. The largest absolute Gasteiger partial charge is 0.453 e. The lowest BCUT2D eigenvalue weighted by molar-refractivity contribution is -0.147. The minimum Gasteiger partial charge on any atom is -0.453 e. The molecule has 0 aliphatic carbocycles. The molecule has 2 aromatic carbocycles. The summed E-state index contributed by atoms with van der Waals surface area (Å²) in [5.41, 5.74) is 3.01. The fraction of sp³-hybridized carbons (Fsp3) is 0.176. The maximum atomic E-state index is 12.8. The first kappa shape index (κ1) is 12.9. The van der Waals surface area contributed by atoms with Crippen molar-refractivity contribution >= 4 is 23.3 Å². The van der Waals surface area contributed by atoms with Gasteiger partial charge in [-0.3, -0.25) is 14.5 Å². The van der Waals surface area contributed by atoms with Crippen LogP contribution in [0, 0.1) is 0 Å². The summed E-state index contributed by atoms with van der Waals surface area (Å²) < 4.78 is 5.48. The molecule has 4 rings (SSSR count). The van der Waals surface area contributed by atoms with E-state index in [4.69, 9.17) is 4.74 Å². The highest BCUT2D eigenvalue weighted by Crippen LogP contribution is 2.45. The van der Waals surface area contributed by atoms with Gasteiger partial charge in [-0.15, -0.1) is 0 Å². The number of rotatable bonds is 1.